The molecule has 0 saturated carbocycles. The van der Waals surface area contributed by atoms with Gasteiger partial charge in [-0.05, 0) is 48.5 Å². The van der Waals surface area contributed by atoms with Gasteiger partial charge in [-0.2, -0.15) is 0 Å². The molecule has 0 N–H and O–H groups in total. The predicted octanol–water partition coefficient (Wildman–Crippen LogP) is 4.18. The zero-order valence-electron chi connectivity index (χ0n) is 9.80. The highest BCUT2D eigenvalue weighted by Gasteiger charge is 2.05. The molecule has 2 aromatic carbocycles. The summed E-state index contributed by atoms with van der Waals surface area (Å²) in [4.78, 5) is 10.6. The zero-order chi connectivity index (χ0) is 13.2. The van der Waals surface area contributed by atoms with Crippen molar-refractivity contribution >= 4 is 17.3 Å². The first kappa shape index (κ1) is 11.5. The summed E-state index contributed by atoms with van der Waals surface area (Å²) in [5, 5.41) is 0.779. The van der Waals surface area contributed by atoms with E-state index in [4.69, 9.17) is 9.15 Å². The predicted molar refractivity (Wildman–Crippen MR) is 68.1 cm³/mol. The number of rotatable bonds is 3. The topological polar surface area (TPSA) is 39.4 Å². The SMILES string of the molecule is O=Cc1cc2cc(Oc3ccc(F)cc3)ccc2o1. The molecule has 19 heavy (non-hydrogen) atoms. The van der Waals surface area contributed by atoms with E-state index in [2.05, 4.69) is 0 Å². The highest BCUT2D eigenvalue weighted by molar-refractivity contribution is 5.85. The number of hydrogen-bond acceptors (Lipinski definition) is 3. The summed E-state index contributed by atoms with van der Waals surface area (Å²) >= 11 is 0. The van der Waals surface area contributed by atoms with E-state index in [0.717, 1.165) is 5.39 Å². The van der Waals surface area contributed by atoms with Gasteiger partial charge in [0.15, 0.2) is 12.0 Å². The van der Waals surface area contributed by atoms with Crippen LogP contribution in [0.1, 0.15) is 10.6 Å². The van der Waals surface area contributed by atoms with Crippen LogP contribution in [0.4, 0.5) is 4.39 Å². The van der Waals surface area contributed by atoms with Crippen LogP contribution in [0.5, 0.6) is 11.5 Å². The maximum absolute atomic E-state index is 12.8. The van der Waals surface area contributed by atoms with E-state index in [1.54, 1.807) is 36.4 Å². The Balaban J connectivity index is 1.92. The number of benzene rings is 2. The first-order valence-corrected chi connectivity index (χ1v) is 5.67. The smallest absolute Gasteiger partial charge is 0.185 e. The number of hydrogen-bond donors (Lipinski definition) is 0. The summed E-state index contributed by atoms with van der Waals surface area (Å²) in [6.07, 6.45) is 0.653. The third-order valence-corrected chi connectivity index (χ3v) is 2.67. The van der Waals surface area contributed by atoms with E-state index < -0.39 is 0 Å². The molecule has 0 amide bonds. The van der Waals surface area contributed by atoms with E-state index in [-0.39, 0.29) is 11.6 Å². The van der Waals surface area contributed by atoms with E-state index in [0.29, 0.717) is 23.4 Å². The lowest BCUT2D eigenvalue weighted by molar-refractivity contribution is 0.110. The van der Waals surface area contributed by atoms with Gasteiger partial charge in [0.05, 0.1) is 0 Å². The normalized spacial score (nSPS) is 10.6. The van der Waals surface area contributed by atoms with E-state index in [1.165, 1.54) is 12.1 Å². The number of furan rings is 1. The average Bonchev–Trinajstić information content (AvgIpc) is 2.83. The van der Waals surface area contributed by atoms with Crippen LogP contribution in [0.25, 0.3) is 11.0 Å². The van der Waals surface area contributed by atoms with E-state index >= 15 is 0 Å². The summed E-state index contributed by atoms with van der Waals surface area (Å²) in [6.45, 7) is 0. The van der Waals surface area contributed by atoms with E-state index in [1.807, 2.05) is 0 Å². The van der Waals surface area contributed by atoms with Crippen LogP contribution in [0.15, 0.2) is 52.9 Å². The molecule has 1 aromatic heterocycles. The Morgan fingerprint density at radius 3 is 2.47 bits per heavy atom. The van der Waals surface area contributed by atoms with Crippen molar-refractivity contribution in [2.45, 2.75) is 0 Å². The molecule has 0 aliphatic carbocycles. The molecule has 0 aliphatic rings. The molecule has 4 heteroatoms. The third kappa shape index (κ3) is 2.33. The van der Waals surface area contributed by atoms with Gasteiger partial charge in [-0.1, -0.05) is 0 Å². The molecule has 0 radical (unpaired) electrons. The van der Waals surface area contributed by atoms with Crippen molar-refractivity contribution < 1.29 is 18.3 Å². The molecule has 3 nitrogen and oxygen atoms in total. The second-order valence-corrected chi connectivity index (χ2v) is 4.02. The number of carbonyl (C=O) groups excluding carboxylic acids is 1. The van der Waals surface area contributed by atoms with Crippen LogP contribution in [-0.2, 0) is 0 Å². The summed E-state index contributed by atoms with van der Waals surface area (Å²) in [7, 11) is 0. The van der Waals surface area contributed by atoms with Crippen LogP contribution in [0.3, 0.4) is 0 Å². The number of aldehydes is 1. The first-order chi connectivity index (χ1) is 9.24. The summed E-state index contributed by atoms with van der Waals surface area (Å²) in [5.41, 5.74) is 0.619. The number of fused-ring (bicyclic) bond motifs is 1. The molecular formula is C15H9FO3. The Bertz CT molecular complexity index is 729. The minimum atomic E-state index is -0.312. The number of ether oxygens (including phenoxy) is 1. The summed E-state index contributed by atoms with van der Waals surface area (Å²) < 4.78 is 23.6. The Morgan fingerprint density at radius 2 is 1.74 bits per heavy atom. The molecule has 0 atom stereocenters. The Kier molecular flexibility index (Phi) is 2.76. The molecule has 0 saturated heterocycles. The second-order valence-electron chi connectivity index (χ2n) is 4.02. The van der Waals surface area contributed by atoms with Crippen LogP contribution in [0, 0.1) is 5.82 Å². The fourth-order valence-electron chi connectivity index (χ4n) is 1.80. The minimum Gasteiger partial charge on any atom is -0.457 e. The van der Waals surface area contributed by atoms with Crippen molar-refractivity contribution in [2.24, 2.45) is 0 Å². The standard InChI is InChI=1S/C15H9FO3/c16-11-1-3-12(4-2-11)18-13-5-6-15-10(7-13)8-14(9-17)19-15/h1-9H. The quantitative estimate of drug-likeness (QED) is 0.660. The van der Waals surface area contributed by atoms with Crippen molar-refractivity contribution in [1.82, 2.24) is 0 Å². The average molecular weight is 256 g/mol. The lowest BCUT2D eigenvalue weighted by Crippen LogP contribution is -1.83. The number of carbonyl (C=O) groups is 1. The van der Waals surface area contributed by atoms with Gasteiger partial charge in [-0.25, -0.2) is 4.39 Å². The van der Waals surface area contributed by atoms with Crippen LogP contribution >= 0.6 is 0 Å². The largest absolute Gasteiger partial charge is 0.457 e. The Labute approximate surface area is 108 Å². The monoisotopic (exact) mass is 256 g/mol. The molecule has 0 unspecified atom stereocenters. The van der Waals surface area contributed by atoms with Gasteiger partial charge in [0.1, 0.15) is 22.9 Å². The second kappa shape index (κ2) is 4.57. The molecule has 3 aromatic rings. The summed E-state index contributed by atoms with van der Waals surface area (Å²) in [6, 6.07) is 12.6. The van der Waals surface area contributed by atoms with Gasteiger partial charge in [-0.15, -0.1) is 0 Å². The molecule has 0 spiro atoms. The van der Waals surface area contributed by atoms with Crippen molar-refractivity contribution in [1.29, 1.82) is 0 Å². The fourth-order valence-corrected chi connectivity index (χ4v) is 1.80. The molecular weight excluding hydrogens is 247 g/mol. The van der Waals surface area contributed by atoms with Gasteiger partial charge in [0.2, 0.25) is 0 Å². The molecule has 94 valence electrons. The van der Waals surface area contributed by atoms with E-state index in [9.17, 15) is 9.18 Å². The van der Waals surface area contributed by atoms with Crippen molar-refractivity contribution in [2.75, 3.05) is 0 Å². The summed E-state index contributed by atoms with van der Waals surface area (Å²) in [5.74, 6) is 1.10. The Hall–Kier alpha value is -2.62. The minimum absolute atomic E-state index is 0.272. The van der Waals surface area contributed by atoms with Gasteiger partial charge in [0.25, 0.3) is 0 Å². The highest BCUT2D eigenvalue weighted by atomic mass is 19.1. The maximum atomic E-state index is 12.8. The Morgan fingerprint density at radius 1 is 1.00 bits per heavy atom. The first-order valence-electron chi connectivity index (χ1n) is 5.67. The van der Waals surface area contributed by atoms with Crippen LogP contribution in [-0.4, -0.2) is 6.29 Å². The van der Waals surface area contributed by atoms with Crippen molar-refractivity contribution in [3.05, 3.63) is 60.1 Å². The van der Waals surface area contributed by atoms with Gasteiger partial charge in [0, 0.05) is 5.39 Å². The van der Waals surface area contributed by atoms with Crippen molar-refractivity contribution in [3.63, 3.8) is 0 Å². The lowest BCUT2D eigenvalue weighted by atomic mass is 10.2. The van der Waals surface area contributed by atoms with Gasteiger partial charge >= 0.3 is 0 Å². The molecule has 3 rings (SSSR count). The fraction of sp³-hybridized carbons (Fsp3) is 0. The van der Waals surface area contributed by atoms with Crippen molar-refractivity contribution in [3.8, 4) is 11.5 Å². The maximum Gasteiger partial charge on any atom is 0.185 e. The molecule has 0 bridgehead atoms. The third-order valence-electron chi connectivity index (χ3n) is 2.67. The van der Waals surface area contributed by atoms with Gasteiger partial charge in [-0.3, -0.25) is 4.79 Å². The van der Waals surface area contributed by atoms with Gasteiger partial charge < -0.3 is 9.15 Å². The molecule has 0 fully saturated rings. The highest BCUT2D eigenvalue weighted by Crippen LogP contribution is 2.27. The molecule has 0 aliphatic heterocycles. The van der Waals surface area contributed by atoms with Crippen LogP contribution in [0.2, 0.25) is 0 Å². The van der Waals surface area contributed by atoms with Crippen LogP contribution < -0.4 is 4.74 Å². The molecule has 1 heterocycles. The zero-order valence-corrected chi connectivity index (χ0v) is 9.80. The lowest BCUT2D eigenvalue weighted by Gasteiger charge is -2.05. The number of halogens is 1.